The Kier molecular flexibility index (Phi) is 3.78. The molecule has 2 aliphatic rings. The first-order valence-corrected chi connectivity index (χ1v) is 8.42. The van der Waals surface area contributed by atoms with Crippen molar-refractivity contribution in [2.45, 2.75) is 25.6 Å². The van der Waals surface area contributed by atoms with Gasteiger partial charge < -0.3 is 24.7 Å². The molecule has 1 atom stereocenters. The molecule has 0 spiro atoms. The molecule has 1 aromatic carbocycles. The van der Waals surface area contributed by atoms with Crippen molar-refractivity contribution in [3.8, 4) is 6.01 Å². The molecule has 9 heteroatoms. The standard InChI is InChI=1S/C17H19N5O4/c1-17(12-21-10-14(22(24)25)18-15(21)26-17)11-20-8-7-19(16(20)23)9-13-5-3-2-4-6-13/h2-6,10H,7-9,11-12H2,1H3. The molecule has 0 aliphatic carbocycles. The molecule has 0 saturated carbocycles. The van der Waals surface area contributed by atoms with Crippen molar-refractivity contribution >= 4 is 11.8 Å². The van der Waals surface area contributed by atoms with Gasteiger partial charge in [-0.05, 0) is 17.4 Å². The SMILES string of the molecule is CC1(CN2CCN(Cc3ccccc3)C2=O)Cn2cc([N+](=O)[O-])nc2O1. The second-order valence-corrected chi connectivity index (χ2v) is 6.93. The number of urea groups is 1. The van der Waals surface area contributed by atoms with E-state index in [4.69, 9.17) is 4.74 Å². The van der Waals surface area contributed by atoms with Gasteiger partial charge in [-0.3, -0.25) is 4.57 Å². The van der Waals surface area contributed by atoms with Crippen LogP contribution in [0.3, 0.4) is 0 Å². The smallest absolute Gasteiger partial charge is 0.415 e. The highest BCUT2D eigenvalue weighted by molar-refractivity contribution is 5.76. The van der Waals surface area contributed by atoms with Gasteiger partial charge in [-0.25, -0.2) is 4.79 Å². The van der Waals surface area contributed by atoms with Crippen molar-refractivity contribution in [1.29, 1.82) is 0 Å². The van der Waals surface area contributed by atoms with E-state index < -0.39 is 10.5 Å². The van der Waals surface area contributed by atoms with Crippen molar-refractivity contribution in [2.24, 2.45) is 0 Å². The molecule has 0 N–H and O–H groups in total. The second-order valence-electron chi connectivity index (χ2n) is 6.93. The van der Waals surface area contributed by atoms with Crippen LogP contribution in [0.5, 0.6) is 6.01 Å². The Bertz CT molecular complexity index is 827. The van der Waals surface area contributed by atoms with E-state index in [1.807, 2.05) is 42.2 Å². The highest BCUT2D eigenvalue weighted by Gasteiger charge is 2.43. The highest BCUT2D eigenvalue weighted by atomic mass is 16.6. The van der Waals surface area contributed by atoms with Crippen molar-refractivity contribution in [1.82, 2.24) is 19.4 Å². The maximum atomic E-state index is 12.7. The van der Waals surface area contributed by atoms with Gasteiger partial charge in [-0.1, -0.05) is 30.3 Å². The minimum atomic E-state index is -0.643. The molecule has 3 heterocycles. The van der Waals surface area contributed by atoms with Gasteiger partial charge in [-0.2, -0.15) is 0 Å². The first-order valence-electron chi connectivity index (χ1n) is 8.42. The summed E-state index contributed by atoms with van der Waals surface area (Å²) in [6, 6.07) is 10.1. The number of aromatic nitrogens is 2. The number of nitro groups is 1. The third-order valence-corrected chi connectivity index (χ3v) is 4.68. The molecule has 2 aliphatic heterocycles. The maximum absolute atomic E-state index is 12.7. The first-order chi connectivity index (χ1) is 12.4. The lowest BCUT2D eigenvalue weighted by molar-refractivity contribution is -0.389. The Hall–Kier alpha value is -3.10. The van der Waals surface area contributed by atoms with Crippen LogP contribution in [0.15, 0.2) is 36.5 Å². The summed E-state index contributed by atoms with van der Waals surface area (Å²) in [5.74, 6) is -0.228. The predicted molar refractivity (Wildman–Crippen MR) is 91.7 cm³/mol. The van der Waals surface area contributed by atoms with E-state index in [9.17, 15) is 14.9 Å². The topological polar surface area (TPSA) is 93.7 Å². The van der Waals surface area contributed by atoms with Crippen LogP contribution in [0.25, 0.3) is 0 Å². The predicted octanol–water partition coefficient (Wildman–Crippen LogP) is 1.88. The summed E-state index contributed by atoms with van der Waals surface area (Å²) in [5.41, 5.74) is 0.453. The van der Waals surface area contributed by atoms with Crippen molar-refractivity contribution < 1.29 is 14.5 Å². The summed E-state index contributed by atoms with van der Waals surface area (Å²) in [6.45, 7) is 4.61. The van der Waals surface area contributed by atoms with Crippen LogP contribution < -0.4 is 4.74 Å². The van der Waals surface area contributed by atoms with E-state index in [1.165, 1.54) is 6.20 Å². The fourth-order valence-corrected chi connectivity index (χ4v) is 3.50. The van der Waals surface area contributed by atoms with Crippen LogP contribution in [0.1, 0.15) is 12.5 Å². The molecule has 9 nitrogen and oxygen atoms in total. The molecule has 26 heavy (non-hydrogen) atoms. The molecule has 136 valence electrons. The van der Waals surface area contributed by atoms with Crippen LogP contribution in [0.4, 0.5) is 10.6 Å². The summed E-state index contributed by atoms with van der Waals surface area (Å²) in [5, 5.41) is 10.8. The molecular formula is C17H19N5O4. The van der Waals surface area contributed by atoms with Gasteiger partial charge in [0.1, 0.15) is 11.8 Å². The van der Waals surface area contributed by atoms with Gasteiger partial charge in [0.05, 0.1) is 13.1 Å². The quantitative estimate of drug-likeness (QED) is 0.602. The number of amides is 2. The molecule has 0 bridgehead atoms. The number of carbonyl (C=O) groups excluding carboxylic acids is 1. The van der Waals surface area contributed by atoms with Crippen LogP contribution in [0, 0.1) is 10.1 Å². The van der Waals surface area contributed by atoms with Gasteiger partial charge in [-0.15, -0.1) is 0 Å². The number of imidazole rings is 1. The number of ether oxygens (including phenoxy) is 1. The summed E-state index contributed by atoms with van der Waals surface area (Å²) < 4.78 is 7.45. The third-order valence-electron chi connectivity index (χ3n) is 4.68. The number of carbonyl (C=O) groups is 1. The van der Waals surface area contributed by atoms with E-state index >= 15 is 0 Å². The fraction of sp³-hybridized carbons (Fsp3) is 0.412. The van der Waals surface area contributed by atoms with E-state index in [0.717, 1.165) is 5.56 Å². The molecule has 1 saturated heterocycles. The van der Waals surface area contributed by atoms with Gasteiger partial charge in [0.2, 0.25) is 0 Å². The monoisotopic (exact) mass is 357 g/mol. The van der Waals surface area contributed by atoms with Gasteiger partial charge in [0.15, 0.2) is 0 Å². The van der Waals surface area contributed by atoms with Gasteiger partial charge in [0.25, 0.3) is 0 Å². The second kappa shape index (κ2) is 6.01. The van der Waals surface area contributed by atoms with E-state index in [2.05, 4.69) is 4.98 Å². The maximum Gasteiger partial charge on any atom is 0.415 e. The lowest BCUT2D eigenvalue weighted by atomic mass is 10.1. The number of hydrogen-bond acceptors (Lipinski definition) is 5. The van der Waals surface area contributed by atoms with Crippen molar-refractivity contribution in [3.05, 3.63) is 52.2 Å². The minimum absolute atomic E-state index is 0.0193. The number of benzene rings is 1. The van der Waals surface area contributed by atoms with E-state index in [-0.39, 0.29) is 17.9 Å². The largest absolute Gasteiger partial charge is 0.436 e. The van der Waals surface area contributed by atoms with Crippen molar-refractivity contribution in [2.75, 3.05) is 19.6 Å². The zero-order valence-corrected chi connectivity index (χ0v) is 14.4. The average molecular weight is 357 g/mol. The first kappa shape index (κ1) is 16.4. The molecule has 2 aromatic rings. The van der Waals surface area contributed by atoms with E-state index in [0.29, 0.717) is 32.7 Å². The lowest BCUT2D eigenvalue weighted by Crippen LogP contribution is -2.46. The average Bonchev–Trinajstić information content (AvgIpc) is 3.23. The third kappa shape index (κ3) is 2.96. The molecule has 4 rings (SSSR count). The Morgan fingerprint density at radius 2 is 2.00 bits per heavy atom. The molecule has 2 amide bonds. The molecule has 1 unspecified atom stereocenters. The molecule has 0 radical (unpaired) electrons. The summed E-state index contributed by atoms with van der Waals surface area (Å²) in [7, 11) is 0. The summed E-state index contributed by atoms with van der Waals surface area (Å²) in [4.78, 5) is 30.4. The van der Waals surface area contributed by atoms with Crippen LogP contribution in [-0.4, -0.2) is 55.5 Å². The Balaban J connectivity index is 1.39. The molecular weight excluding hydrogens is 338 g/mol. The lowest BCUT2D eigenvalue weighted by Gasteiger charge is -2.28. The Morgan fingerprint density at radius 1 is 1.27 bits per heavy atom. The minimum Gasteiger partial charge on any atom is -0.436 e. The molecule has 1 fully saturated rings. The number of nitrogens with zero attached hydrogens (tertiary/aromatic N) is 5. The Morgan fingerprint density at radius 3 is 2.69 bits per heavy atom. The zero-order valence-electron chi connectivity index (χ0n) is 14.4. The number of rotatable bonds is 5. The normalized spacial score (nSPS) is 21.8. The summed E-state index contributed by atoms with van der Waals surface area (Å²) in [6.07, 6.45) is 1.37. The zero-order chi connectivity index (χ0) is 18.3. The van der Waals surface area contributed by atoms with Gasteiger partial charge in [0, 0.05) is 24.6 Å². The number of fused-ring (bicyclic) bond motifs is 1. The fourth-order valence-electron chi connectivity index (χ4n) is 3.50. The molecule has 1 aromatic heterocycles. The summed E-state index contributed by atoms with van der Waals surface area (Å²) >= 11 is 0. The number of hydrogen-bond donors (Lipinski definition) is 0. The highest BCUT2D eigenvalue weighted by Crippen LogP contribution is 2.32. The van der Waals surface area contributed by atoms with E-state index in [1.54, 1.807) is 9.47 Å². The Labute approximate surface area is 149 Å². The van der Waals surface area contributed by atoms with Crippen LogP contribution in [-0.2, 0) is 13.1 Å². The van der Waals surface area contributed by atoms with Gasteiger partial charge >= 0.3 is 17.9 Å². The van der Waals surface area contributed by atoms with Crippen LogP contribution >= 0.6 is 0 Å². The van der Waals surface area contributed by atoms with Crippen molar-refractivity contribution in [3.63, 3.8) is 0 Å². The van der Waals surface area contributed by atoms with Crippen LogP contribution in [0.2, 0.25) is 0 Å².